The average molecular weight is 352 g/mol. The lowest BCUT2D eigenvalue weighted by atomic mass is 9.98. The lowest BCUT2D eigenvalue weighted by molar-refractivity contribution is -0.144. The largest absolute Gasteiger partial charge is 0.465 e. The lowest BCUT2D eigenvalue weighted by Gasteiger charge is -2.16. The fourth-order valence-corrected chi connectivity index (χ4v) is 2.72. The summed E-state index contributed by atoms with van der Waals surface area (Å²) in [4.78, 5) is 12.4. The molecule has 0 amide bonds. The van der Waals surface area contributed by atoms with E-state index in [0.29, 0.717) is 19.0 Å². The molecule has 1 atom stereocenters. The predicted molar refractivity (Wildman–Crippen MR) is 83.1 cm³/mol. The molecule has 1 aromatic heterocycles. The van der Waals surface area contributed by atoms with Crippen LogP contribution in [-0.2, 0) is 16.1 Å². The molecule has 0 aliphatic heterocycles. The molecule has 21 heavy (non-hydrogen) atoms. The van der Waals surface area contributed by atoms with Crippen LogP contribution in [0.1, 0.15) is 37.0 Å². The number of nitrogens with zero attached hydrogens (tertiary/aromatic N) is 3. The first kappa shape index (κ1) is 15.7. The zero-order valence-corrected chi connectivity index (χ0v) is 13.9. The van der Waals surface area contributed by atoms with Crippen molar-refractivity contribution in [3.8, 4) is 0 Å². The number of hydrogen-bond acceptors (Lipinski definition) is 4. The monoisotopic (exact) mass is 351 g/mol. The lowest BCUT2D eigenvalue weighted by Crippen LogP contribution is -2.21. The average Bonchev–Trinajstić information content (AvgIpc) is 2.80. The number of carbonyl (C=O) groups excluding carboxylic acids is 1. The van der Waals surface area contributed by atoms with E-state index >= 15 is 0 Å². The number of benzene rings is 1. The van der Waals surface area contributed by atoms with Gasteiger partial charge < -0.3 is 9.30 Å². The minimum Gasteiger partial charge on any atom is -0.465 e. The second kappa shape index (κ2) is 6.85. The summed E-state index contributed by atoms with van der Waals surface area (Å²) in [5.74, 6) is 0.532. The number of hydrogen-bond donors (Lipinski definition) is 0. The molecule has 0 aliphatic rings. The summed E-state index contributed by atoms with van der Waals surface area (Å²) in [7, 11) is 0. The maximum atomic E-state index is 12.4. The quantitative estimate of drug-likeness (QED) is 0.776. The van der Waals surface area contributed by atoms with Gasteiger partial charge in [-0.05, 0) is 38.5 Å². The minimum absolute atomic E-state index is 0.308. The van der Waals surface area contributed by atoms with Crippen molar-refractivity contribution < 1.29 is 9.53 Å². The fraction of sp³-hybridized carbons (Fsp3) is 0.400. The van der Waals surface area contributed by atoms with E-state index in [1.165, 1.54) is 0 Å². The zero-order chi connectivity index (χ0) is 15.4. The Labute approximate surface area is 132 Å². The van der Waals surface area contributed by atoms with Crippen molar-refractivity contribution >= 4 is 21.9 Å². The van der Waals surface area contributed by atoms with Gasteiger partial charge in [-0.15, -0.1) is 10.2 Å². The maximum absolute atomic E-state index is 12.4. The van der Waals surface area contributed by atoms with Gasteiger partial charge in [0.1, 0.15) is 11.7 Å². The number of ether oxygens (including phenoxy) is 1. The Bertz CT molecular complexity index is 640. The van der Waals surface area contributed by atoms with Gasteiger partial charge in [-0.1, -0.05) is 28.1 Å². The van der Waals surface area contributed by atoms with E-state index in [1.54, 1.807) is 6.92 Å². The summed E-state index contributed by atoms with van der Waals surface area (Å²) in [6, 6.07) is 7.62. The first-order chi connectivity index (χ1) is 10.1. The number of aromatic nitrogens is 3. The molecule has 0 bridgehead atoms. The Kier molecular flexibility index (Phi) is 5.12. The topological polar surface area (TPSA) is 57.0 Å². The molecule has 0 fully saturated rings. The van der Waals surface area contributed by atoms with E-state index in [-0.39, 0.29) is 5.97 Å². The van der Waals surface area contributed by atoms with Crippen LogP contribution in [0.25, 0.3) is 0 Å². The summed E-state index contributed by atoms with van der Waals surface area (Å²) in [5.41, 5.74) is 0.838. The van der Waals surface area contributed by atoms with Crippen molar-refractivity contribution in [2.45, 2.75) is 33.2 Å². The highest BCUT2D eigenvalue weighted by Gasteiger charge is 2.29. The van der Waals surface area contributed by atoms with Crippen LogP contribution < -0.4 is 0 Å². The molecule has 2 aromatic rings. The molecule has 2 rings (SSSR count). The van der Waals surface area contributed by atoms with Crippen LogP contribution in [0.2, 0.25) is 0 Å². The first-order valence-corrected chi connectivity index (χ1v) is 7.69. The van der Waals surface area contributed by atoms with Gasteiger partial charge in [0.05, 0.1) is 6.61 Å². The van der Waals surface area contributed by atoms with E-state index in [9.17, 15) is 4.79 Å². The van der Waals surface area contributed by atoms with Crippen molar-refractivity contribution in [3.05, 3.63) is 46.0 Å². The van der Waals surface area contributed by atoms with Gasteiger partial charge in [-0.25, -0.2) is 0 Å². The summed E-state index contributed by atoms with van der Waals surface area (Å²) in [6.07, 6.45) is 0. The molecule has 0 aliphatic carbocycles. The van der Waals surface area contributed by atoms with Crippen LogP contribution in [0.3, 0.4) is 0 Å². The maximum Gasteiger partial charge on any atom is 0.321 e. The van der Waals surface area contributed by atoms with Gasteiger partial charge in [0.25, 0.3) is 0 Å². The number of rotatable bonds is 5. The van der Waals surface area contributed by atoms with Crippen molar-refractivity contribution in [1.29, 1.82) is 0 Å². The third kappa shape index (κ3) is 3.32. The van der Waals surface area contributed by atoms with Crippen molar-refractivity contribution in [3.63, 3.8) is 0 Å². The van der Waals surface area contributed by atoms with E-state index in [2.05, 4.69) is 26.1 Å². The molecule has 0 radical (unpaired) electrons. The first-order valence-electron chi connectivity index (χ1n) is 6.90. The molecule has 0 saturated heterocycles. The van der Waals surface area contributed by atoms with E-state index in [4.69, 9.17) is 4.74 Å². The molecular formula is C15H18BrN3O2. The standard InChI is InChI=1S/C15H18BrN3O2/c1-4-19-10(3)17-18-14(19)13(15(20)21-5-2)11-7-6-8-12(16)9-11/h6-9,13H,4-5H2,1-3H3. The molecule has 1 aromatic carbocycles. The van der Waals surface area contributed by atoms with Crippen molar-refractivity contribution in [1.82, 2.24) is 14.8 Å². The molecule has 0 spiro atoms. The normalized spacial score (nSPS) is 12.2. The van der Waals surface area contributed by atoms with Gasteiger partial charge in [-0.3, -0.25) is 4.79 Å². The summed E-state index contributed by atoms with van der Waals surface area (Å²) in [6.45, 7) is 6.72. The van der Waals surface area contributed by atoms with Crippen LogP contribution in [0.15, 0.2) is 28.7 Å². The number of halogens is 1. The summed E-state index contributed by atoms with van der Waals surface area (Å²) >= 11 is 3.44. The Morgan fingerprint density at radius 2 is 2.14 bits per heavy atom. The Balaban J connectivity index is 2.53. The molecule has 6 heteroatoms. The predicted octanol–water partition coefficient (Wildman–Crippen LogP) is 3.06. The third-order valence-electron chi connectivity index (χ3n) is 3.24. The Hall–Kier alpha value is -1.69. The SMILES string of the molecule is CCOC(=O)C(c1cccc(Br)c1)c1nnc(C)n1CC. The number of carbonyl (C=O) groups is 1. The molecular weight excluding hydrogens is 334 g/mol. The van der Waals surface area contributed by atoms with E-state index < -0.39 is 5.92 Å². The second-order valence-corrected chi connectivity index (χ2v) is 5.51. The van der Waals surface area contributed by atoms with Gasteiger partial charge in [0.2, 0.25) is 0 Å². The van der Waals surface area contributed by atoms with Crippen LogP contribution >= 0.6 is 15.9 Å². The number of aryl methyl sites for hydroxylation is 1. The molecule has 5 nitrogen and oxygen atoms in total. The van der Waals surface area contributed by atoms with Crippen LogP contribution in [-0.4, -0.2) is 27.3 Å². The highest BCUT2D eigenvalue weighted by Crippen LogP contribution is 2.27. The molecule has 112 valence electrons. The minimum atomic E-state index is -0.566. The Morgan fingerprint density at radius 1 is 1.38 bits per heavy atom. The summed E-state index contributed by atoms with van der Waals surface area (Å²) in [5, 5.41) is 8.29. The van der Waals surface area contributed by atoms with Gasteiger partial charge in [0, 0.05) is 11.0 Å². The van der Waals surface area contributed by atoms with Crippen molar-refractivity contribution in [2.24, 2.45) is 0 Å². The van der Waals surface area contributed by atoms with Gasteiger partial charge >= 0.3 is 5.97 Å². The highest BCUT2D eigenvalue weighted by molar-refractivity contribution is 9.10. The molecule has 1 heterocycles. The highest BCUT2D eigenvalue weighted by atomic mass is 79.9. The van der Waals surface area contributed by atoms with Gasteiger partial charge in [-0.2, -0.15) is 0 Å². The third-order valence-corrected chi connectivity index (χ3v) is 3.74. The van der Waals surface area contributed by atoms with Crippen LogP contribution in [0.4, 0.5) is 0 Å². The zero-order valence-electron chi connectivity index (χ0n) is 12.3. The van der Waals surface area contributed by atoms with Gasteiger partial charge in [0.15, 0.2) is 5.82 Å². The van der Waals surface area contributed by atoms with E-state index in [1.807, 2.05) is 42.7 Å². The number of esters is 1. The Morgan fingerprint density at radius 3 is 2.76 bits per heavy atom. The summed E-state index contributed by atoms with van der Waals surface area (Å²) < 4.78 is 8.07. The molecule has 0 N–H and O–H groups in total. The molecule has 1 unspecified atom stereocenters. The van der Waals surface area contributed by atoms with Crippen LogP contribution in [0, 0.1) is 6.92 Å². The van der Waals surface area contributed by atoms with Crippen molar-refractivity contribution in [2.75, 3.05) is 6.61 Å². The van der Waals surface area contributed by atoms with E-state index in [0.717, 1.165) is 15.9 Å². The second-order valence-electron chi connectivity index (χ2n) is 4.59. The molecule has 0 saturated carbocycles. The smallest absolute Gasteiger partial charge is 0.321 e. The fourth-order valence-electron chi connectivity index (χ4n) is 2.30. The van der Waals surface area contributed by atoms with Crippen LogP contribution in [0.5, 0.6) is 0 Å².